The number of carbonyl (C=O) groups excluding carboxylic acids is 3. The molecule has 1 aromatic rings. The fraction of sp³-hybridized carbons (Fsp3) is 0.542. The SMILES string of the molecule is NC1=N[C@H]2[C@H](CN3C(=O)CCC3=O)N=C(N)N3C[C@H](OC(=O)N4CCCC4c4ccccc4)C(O)(O)[C@]23N1. The van der Waals surface area contributed by atoms with Gasteiger partial charge in [-0.1, -0.05) is 30.3 Å². The molecule has 0 radical (unpaired) electrons. The van der Waals surface area contributed by atoms with Crippen molar-refractivity contribution in [1.29, 1.82) is 0 Å². The lowest BCUT2D eigenvalue weighted by molar-refractivity contribution is -0.257. The van der Waals surface area contributed by atoms with Crippen molar-refractivity contribution in [2.75, 3.05) is 19.6 Å². The number of guanidine groups is 2. The predicted octanol–water partition coefficient (Wildman–Crippen LogP) is -1.85. The number of hydrogen-bond acceptors (Lipinski definition) is 12. The second kappa shape index (κ2) is 8.56. The molecule has 6 rings (SSSR count). The molecule has 5 aliphatic heterocycles. The maximum Gasteiger partial charge on any atom is 0.410 e. The van der Waals surface area contributed by atoms with Crippen LogP contribution in [-0.4, -0.2) is 104 Å². The molecule has 3 fully saturated rings. The van der Waals surface area contributed by atoms with Gasteiger partial charge in [0.1, 0.15) is 6.04 Å². The van der Waals surface area contributed by atoms with Crippen LogP contribution in [0.1, 0.15) is 37.3 Å². The highest BCUT2D eigenvalue weighted by Gasteiger charge is 2.74. The van der Waals surface area contributed by atoms with E-state index in [1.54, 1.807) is 4.90 Å². The molecule has 5 heterocycles. The van der Waals surface area contributed by atoms with Crippen molar-refractivity contribution in [3.05, 3.63) is 35.9 Å². The molecule has 14 nitrogen and oxygen atoms in total. The molecule has 5 atom stereocenters. The molecule has 1 aromatic carbocycles. The van der Waals surface area contributed by atoms with E-state index >= 15 is 0 Å². The number of imide groups is 1. The van der Waals surface area contributed by atoms with Gasteiger partial charge < -0.3 is 41.5 Å². The van der Waals surface area contributed by atoms with Gasteiger partial charge >= 0.3 is 6.09 Å². The summed E-state index contributed by atoms with van der Waals surface area (Å²) in [6.07, 6.45) is -0.397. The van der Waals surface area contributed by atoms with Crippen LogP contribution >= 0.6 is 0 Å². The largest absolute Gasteiger partial charge is 0.438 e. The van der Waals surface area contributed by atoms with Gasteiger partial charge in [0.25, 0.3) is 0 Å². The van der Waals surface area contributed by atoms with Gasteiger partial charge in [0, 0.05) is 19.4 Å². The Hall–Kier alpha value is -3.91. The smallest absolute Gasteiger partial charge is 0.410 e. The zero-order valence-corrected chi connectivity index (χ0v) is 20.6. The van der Waals surface area contributed by atoms with Crippen LogP contribution in [0.15, 0.2) is 40.3 Å². The van der Waals surface area contributed by atoms with Crippen LogP contribution in [-0.2, 0) is 14.3 Å². The average Bonchev–Trinajstić information content (AvgIpc) is 3.63. The van der Waals surface area contributed by atoms with Gasteiger partial charge in [0.2, 0.25) is 17.6 Å². The Morgan fingerprint density at radius 3 is 2.55 bits per heavy atom. The van der Waals surface area contributed by atoms with Gasteiger partial charge in [-0.3, -0.25) is 14.5 Å². The van der Waals surface area contributed by atoms with E-state index in [2.05, 4.69) is 15.3 Å². The quantitative estimate of drug-likeness (QED) is 0.219. The molecule has 0 aromatic heterocycles. The number of ether oxygens (including phenoxy) is 1. The molecule has 1 spiro atoms. The molecule has 202 valence electrons. The van der Waals surface area contributed by atoms with Gasteiger partial charge in [-0.15, -0.1) is 0 Å². The average molecular weight is 527 g/mol. The Morgan fingerprint density at radius 2 is 1.84 bits per heavy atom. The molecule has 5 aliphatic rings. The molecule has 0 aliphatic carbocycles. The van der Waals surface area contributed by atoms with Crippen LogP contribution in [0.4, 0.5) is 4.79 Å². The number of likely N-dealkylation sites (tertiary alicyclic amines) is 2. The summed E-state index contributed by atoms with van der Waals surface area (Å²) in [6, 6.07) is 7.43. The number of amides is 3. The van der Waals surface area contributed by atoms with E-state index in [1.165, 1.54) is 4.90 Å². The standard InChI is InChI=1S/C24H30N8O6/c25-20-28-19-14(11-31-17(33)8-9-18(31)34)27-21(26)32-12-16(24(36,37)23(19,32)29-20)38-22(35)30-10-4-7-15(30)13-5-2-1-3-6-13/h1-3,5-6,14-16,19,36-37H,4,7-12H2,(H2,26,27)(H3,25,28,29)/t14-,15?,16-,19-,23-/m0/s1. The lowest BCUT2D eigenvalue weighted by Gasteiger charge is -2.48. The normalized spacial score (nSPS) is 33.6. The van der Waals surface area contributed by atoms with Crippen molar-refractivity contribution in [1.82, 2.24) is 20.0 Å². The number of aliphatic hydroxyl groups is 2. The van der Waals surface area contributed by atoms with Crippen LogP contribution in [0, 0.1) is 0 Å². The Bertz CT molecular complexity index is 1220. The molecule has 3 saturated heterocycles. The fourth-order valence-corrected chi connectivity index (χ4v) is 6.38. The fourth-order valence-electron chi connectivity index (χ4n) is 6.38. The molecule has 38 heavy (non-hydrogen) atoms. The van der Waals surface area contributed by atoms with Crippen LogP contribution < -0.4 is 16.8 Å². The highest BCUT2D eigenvalue weighted by molar-refractivity contribution is 6.02. The summed E-state index contributed by atoms with van der Waals surface area (Å²) in [5, 5.41) is 26.0. The third-order valence-electron chi connectivity index (χ3n) is 8.19. The van der Waals surface area contributed by atoms with Crippen LogP contribution in [0.3, 0.4) is 0 Å². The Labute approximate surface area is 217 Å². The minimum Gasteiger partial charge on any atom is -0.438 e. The summed E-state index contributed by atoms with van der Waals surface area (Å²) >= 11 is 0. The van der Waals surface area contributed by atoms with E-state index < -0.39 is 35.7 Å². The minimum atomic E-state index is -2.71. The van der Waals surface area contributed by atoms with E-state index in [0.717, 1.165) is 23.3 Å². The number of nitrogens with two attached hydrogens (primary N) is 2. The van der Waals surface area contributed by atoms with Crippen molar-refractivity contribution in [3.8, 4) is 0 Å². The van der Waals surface area contributed by atoms with Gasteiger partial charge in [-0.2, -0.15) is 0 Å². The van der Waals surface area contributed by atoms with Gasteiger partial charge in [0.05, 0.1) is 25.2 Å². The molecule has 3 amide bonds. The number of benzene rings is 1. The van der Waals surface area contributed by atoms with E-state index in [4.69, 9.17) is 16.2 Å². The monoisotopic (exact) mass is 526 g/mol. The maximum atomic E-state index is 13.3. The third kappa shape index (κ3) is 3.43. The van der Waals surface area contributed by atoms with Crippen LogP contribution in [0.5, 0.6) is 0 Å². The van der Waals surface area contributed by atoms with E-state index in [0.29, 0.717) is 6.54 Å². The van der Waals surface area contributed by atoms with Gasteiger partial charge in [-0.05, 0) is 18.4 Å². The first-order valence-corrected chi connectivity index (χ1v) is 12.7. The second-order valence-corrected chi connectivity index (χ2v) is 10.3. The lowest BCUT2D eigenvalue weighted by atomic mass is 9.85. The van der Waals surface area contributed by atoms with Crippen molar-refractivity contribution in [2.45, 2.75) is 61.4 Å². The Balaban J connectivity index is 1.27. The second-order valence-electron chi connectivity index (χ2n) is 10.3. The van der Waals surface area contributed by atoms with Crippen LogP contribution in [0.25, 0.3) is 0 Å². The summed E-state index contributed by atoms with van der Waals surface area (Å²) in [6.45, 7) is 0.118. The number of carbonyl (C=O) groups is 3. The van der Waals surface area contributed by atoms with E-state index in [1.807, 2.05) is 30.3 Å². The lowest BCUT2D eigenvalue weighted by Crippen LogP contribution is -2.77. The van der Waals surface area contributed by atoms with Gasteiger partial charge in [0.15, 0.2) is 23.7 Å². The minimum absolute atomic E-state index is 0.0860. The first kappa shape index (κ1) is 24.4. The molecule has 1 unspecified atom stereocenters. The maximum absolute atomic E-state index is 13.3. The molecule has 14 heteroatoms. The van der Waals surface area contributed by atoms with Crippen LogP contribution in [0.2, 0.25) is 0 Å². The molecule has 0 saturated carbocycles. The van der Waals surface area contributed by atoms with Gasteiger partial charge in [-0.25, -0.2) is 14.8 Å². The van der Waals surface area contributed by atoms with Crippen molar-refractivity contribution in [2.24, 2.45) is 21.5 Å². The van der Waals surface area contributed by atoms with E-state index in [-0.39, 0.29) is 55.7 Å². The summed E-state index contributed by atoms with van der Waals surface area (Å²) in [7, 11) is 0. The number of rotatable bonds is 4. The number of hydrogen-bond donors (Lipinski definition) is 5. The summed E-state index contributed by atoms with van der Waals surface area (Å²) < 4.78 is 5.73. The zero-order chi connectivity index (χ0) is 26.8. The number of nitrogens with zero attached hydrogens (tertiary/aromatic N) is 5. The summed E-state index contributed by atoms with van der Waals surface area (Å²) in [4.78, 5) is 50.7. The molecule has 7 N–H and O–H groups in total. The van der Waals surface area contributed by atoms with Crippen molar-refractivity contribution < 1.29 is 29.3 Å². The molecular weight excluding hydrogens is 496 g/mol. The summed E-state index contributed by atoms with van der Waals surface area (Å²) in [5.41, 5.74) is 11.4. The molecular formula is C24H30N8O6. The zero-order valence-electron chi connectivity index (χ0n) is 20.6. The Morgan fingerprint density at radius 1 is 1.13 bits per heavy atom. The highest BCUT2D eigenvalue weighted by Crippen LogP contribution is 2.46. The van der Waals surface area contributed by atoms with Crippen molar-refractivity contribution in [3.63, 3.8) is 0 Å². The topological polar surface area (TPSA) is 199 Å². The third-order valence-corrected chi connectivity index (χ3v) is 8.19. The summed E-state index contributed by atoms with van der Waals surface area (Å²) in [5.74, 6) is -3.59. The highest BCUT2D eigenvalue weighted by atomic mass is 16.6. The Kier molecular flexibility index (Phi) is 5.50. The first-order valence-electron chi connectivity index (χ1n) is 12.7. The van der Waals surface area contributed by atoms with Crippen molar-refractivity contribution >= 4 is 29.8 Å². The molecule has 0 bridgehead atoms. The first-order chi connectivity index (χ1) is 18.1. The number of nitrogens with one attached hydrogen (secondary N) is 1. The number of aliphatic imine (C=N–C) groups is 2. The van der Waals surface area contributed by atoms with E-state index in [9.17, 15) is 24.6 Å². The predicted molar refractivity (Wildman–Crippen MR) is 132 cm³/mol.